The van der Waals surface area contributed by atoms with Crippen LogP contribution < -0.4 is 5.32 Å². The first-order valence-electron chi connectivity index (χ1n) is 3.91. The van der Waals surface area contributed by atoms with E-state index in [4.69, 9.17) is 11.7 Å². The van der Waals surface area contributed by atoms with Gasteiger partial charge in [-0.15, -0.1) is 12.3 Å². The van der Waals surface area contributed by atoms with Gasteiger partial charge >= 0.3 is 0 Å². The van der Waals surface area contributed by atoms with Crippen molar-refractivity contribution in [2.75, 3.05) is 11.9 Å². The van der Waals surface area contributed by atoms with Gasteiger partial charge in [0, 0.05) is 19.2 Å². The number of aromatic nitrogens is 1. The summed E-state index contributed by atoms with van der Waals surface area (Å²) in [6.45, 7) is 0.641. The number of nitrogens with zero attached hydrogens (tertiary/aromatic N) is 2. The summed E-state index contributed by atoms with van der Waals surface area (Å²) >= 11 is 0. The van der Waals surface area contributed by atoms with E-state index in [1.54, 1.807) is 18.3 Å². The van der Waals surface area contributed by atoms with Crippen LogP contribution in [0.4, 0.5) is 5.82 Å². The van der Waals surface area contributed by atoms with Crippen molar-refractivity contribution in [1.82, 2.24) is 4.98 Å². The lowest BCUT2D eigenvalue weighted by molar-refractivity contribution is 1.07. The van der Waals surface area contributed by atoms with Crippen LogP contribution in [0.2, 0.25) is 0 Å². The average Bonchev–Trinajstić information content (AvgIpc) is 2.19. The zero-order chi connectivity index (χ0) is 9.52. The molecule has 13 heavy (non-hydrogen) atoms. The summed E-state index contributed by atoms with van der Waals surface area (Å²) in [6.07, 6.45) is 7.35. The Labute approximate surface area is 77.4 Å². The van der Waals surface area contributed by atoms with Gasteiger partial charge in [-0.2, -0.15) is 5.26 Å². The number of hydrogen-bond acceptors (Lipinski definition) is 3. The van der Waals surface area contributed by atoms with E-state index in [1.807, 2.05) is 6.07 Å². The lowest BCUT2D eigenvalue weighted by Crippen LogP contribution is -2.03. The smallest absolute Gasteiger partial charge is 0.143 e. The fourth-order valence-electron chi connectivity index (χ4n) is 0.889. The van der Waals surface area contributed by atoms with Crippen LogP contribution in [0, 0.1) is 23.7 Å². The van der Waals surface area contributed by atoms with Crippen molar-refractivity contribution in [3.63, 3.8) is 0 Å². The van der Waals surface area contributed by atoms with E-state index in [2.05, 4.69) is 16.2 Å². The topological polar surface area (TPSA) is 48.7 Å². The third kappa shape index (κ3) is 2.50. The van der Waals surface area contributed by atoms with Gasteiger partial charge in [-0.1, -0.05) is 0 Å². The third-order valence-corrected chi connectivity index (χ3v) is 1.49. The molecule has 64 valence electrons. The number of rotatable bonds is 3. The van der Waals surface area contributed by atoms with Crippen LogP contribution >= 0.6 is 0 Å². The van der Waals surface area contributed by atoms with Gasteiger partial charge in [-0.05, 0) is 12.1 Å². The predicted molar refractivity (Wildman–Crippen MR) is 50.9 cm³/mol. The van der Waals surface area contributed by atoms with Crippen LogP contribution in [0.3, 0.4) is 0 Å². The normalized spacial score (nSPS) is 8.46. The van der Waals surface area contributed by atoms with E-state index in [-0.39, 0.29) is 0 Å². The van der Waals surface area contributed by atoms with Crippen molar-refractivity contribution < 1.29 is 0 Å². The van der Waals surface area contributed by atoms with E-state index in [1.165, 1.54) is 0 Å². The van der Waals surface area contributed by atoms with Gasteiger partial charge in [0.05, 0.1) is 5.56 Å². The standard InChI is InChI=1S/C10H9N3/c1-2-3-6-12-10-9(8-11)5-4-7-13-10/h1,4-5,7H,3,6H2,(H,12,13). The van der Waals surface area contributed by atoms with Crippen molar-refractivity contribution in [2.45, 2.75) is 6.42 Å². The molecule has 0 bridgehead atoms. The SMILES string of the molecule is C#CCCNc1ncccc1C#N. The molecule has 1 heterocycles. The fraction of sp³-hybridized carbons (Fsp3) is 0.200. The molecule has 0 aliphatic rings. The number of pyridine rings is 1. The number of anilines is 1. The van der Waals surface area contributed by atoms with Crippen LogP contribution in [0.15, 0.2) is 18.3 Å². The predicted octanol–water partition coefficient (Wildman–Crippen LogP) is 1.39. The van der Waals surface area contributed by atoms with Crippen LogP contribution in [-0.2, 0) is 0 Å². The van der Waals surface area contributed by atoms with Gasteiger partial charge in [0.15, 0.2) is 0 Å². The molecule has 0 aliphatic carbocycles. The van der Waals surface area contributed by atoms with Gasteiger partial charge in [-0.3, -0.25) is 0 Å². The molecular formula is C10H9N3. The molecule has 0 aliphatic heterocycles. The maximum absolute atomic E-state index is 8.70. The van der Waals surface area contributed by atoms with Gasteiger partial charge in [0.1, 0.15) is 11.9 Å². The Kier molecular flexibility index (Phi) is 3.35. The maximum atomic E-state index is 8.70. The molecule has 0 aromatic carbocycles. The highest BCUT2D eigenvalue weighted by molar-refractivity contribution is 5.51. The highest BCUT2D eigenvalue weighted by Crippen LogP contribution is 2.08. The monoisotopic (exact) mass is 171 g/mol. The summed E-state index contributed by atoms with van der Waals surface area (Å²) in [5.41, 5.74) is 0.541. The van der Waals surface area contributed by atoms with Gasteiger partial charge in [0.2, 0.25) is 0 Å². The summed E-state index contributed by atoms with van der Waals surface area (Å²) in [5, 5.41) is 11.7. The van der Waals surface area contributed by atoms with Gasteiger partial charge in [-0.25, -0.2) is 4.98 Å². The summed E-state index contributed by atoms with van der Waals surface area (Å²) in [4.78, 5) is 4.02. The van der Waals surface area contributed by atoms with E-state index >= 15 is 0 Å². The summed E-state index contributed by atoms with van der Waals surface area (Å²) in [6, 6.07) is 5.49. The van der Waals surface area contributed by atoms with Gasteiger partial charge < -0.3 is 5.32 Å². The largest absolute Gasteiger partial charge is 0.368 e. The van der Waals surface area contributed by atoms with Crippen molar-refractivity contribution in [2.24, 2.45) is 0 Å². The molecule has 0 atom stereocenters. The van der Waals surface area contributed by atoms with Crippen molar-refractivity contribution in [1.29, 1.82) is 5.26 Å². The van der Waals surface area contributed by atoms with Gasteiger partial charge in [0.25, 0.3) is 0 Å². The molecule has 0 saturated carbocycles. The number of terminal acetylenes is 1. The Bertz CT molecular complexity index is 357. The summed E-state index contributed by atoms with van der Waals surface area (Å²) < 4.78 is 0. The Morgan fingerprint density at radius 3 is 3.15 bits per heavy atom. The van der Waals surface area contributed by atoms with E-state index in [0.29, 0.717) is 24.3 Å². The van der Waals surface area contributed by atoms with E-state index < -0.39 is 0 Å². The second-order valence-electron chi connectivity index (χ2n) is 2.39. The molecule has 1 rings (SSSR count). The number of nitriles is 1. The Morgan fingerprint density at radius 1 is 1.62 bits per heavy atom. The summed E-state index contributed by atoms with van der Waals surface area (Å²) in [5.74, 6) is 3.10. The molecule has 0 unspecified atom stereocenters. The van der Waals surface area contributed by atoms with Crippen LogP contribution in [-0.4, -0.2) is 11.5 Å². The average molecular weight is 171 g/mol. The van der Waals surface area contributed by atoms with Crippen LogP contribution in [0.5, 0.6) is 0 Å². The molecule has 0 spiro atoms. The minimum atomic E-state index is 0.541. The molecule has 1 aromatic rings. The number of nitrogens with one attached hydrogen (secondary N) is 1. The van der Waals surface area contributed by atoms with Crippen molar-refractivity contribution in [3.05, 3.63) is 23.9 Å². The van der Waals surface area contributed by atoms with Crippen molar-refractivity contribution >= 4 is 5.82 Å². The molecule has 3 heteroatoms. The Hall–Kier alpha value is -2.00. The summed E-state index contributed by atoms with van der Waals surface area (Å²) in [7, 11) is 0. The lowest BCUT2D eigenvalue weighted by Gasteiger charge is -2.03. The van der Waals surface area contributed by atoms with Crippen molar-refractivity contribution in [3.8, 4) is 18.4 Å². The molecule has 0 saturated heterocycles. The minimum Gasteiger partial charge on any atom is -0.368 e. The third-order valence-electron chi connectivity index (χ3n) is 1.49. The highest BCUT2D eigenvalue weighted by atomic mass is 15.0. The van der Waals surface area contributed by atoms with Crippen LogP contribution in [0.1, 0.15) is 12.0 Å². The molecule has 1 aromatic heterocycles. The molecule has 0 amide bonds. The maximum Gasteiger partial charge on any atom is 0.143 e. The van der Waals surface area contributed by atoms with Crippen LogP contribution in [0.25, 0.3) is 0 Å². The number of hydrogen-bond donors (Lipinski definition) is 1. The highest BCUT2D eigenvalue weighted by Gasteiger charge is 1.99. The Balaban J connectivity index is 2.67. The second kappa shape index (κ2) is 4.79. The molecule has 3 nitrogen and oxygen atoms in total. The fourth-order valence-corrected chi connectivity index (χ4v) is 0.889. The molecule has 0 radical (unpaired) electrons. The first kappa shape index (κ1) is 9.09. The Morgan fingerprint density at radius 2 is 2.46 bits per heavy atom. The molecule has 0 fully saturated rings. The zero-order valence-corrected chi connectivity index (χ0v) is 7.12. The molecular weight excluding hydrogens is 162 g/mol. The quantitative estimate of drug-likeness (QED) is 0.552. The lowest BCUT2D eigenvalue weighted by atomic mass is 10.3. The minimum absolute atomic E-state index is 0.541. The second-order valence-corrected chi connectivity index (χ2v) is 2.39. The van der Waals surface area contributed by atoms with E-state index in [0.717, 1.165) is 0 Å². The molecule has 1 N–H and O–H groups in total. The zero-order valence-electron chi connectivity index (χ0n) is 7.12. The van der Waals surface area contributed by atoms with E-state index in [9.17, 15) is 0 Å². The first-order valence-corrected chi connectivity index (χ1v) is 3.91. The first-order chi connectivity index (χ1) is 6.38.